The van der Waals surface area contributed by atoms with Crippen molar-refractivity contribution in [2.75, 3.05) is 19.3 Å². The van der Waals surface area contributed by atoms with Crippen LogP contribution < -0.4 is 0 Å². The number of likely N-dealkylation sites (tertiary alicyclic amines) is 1. The largest absolute Gasteiger partial charge is 0.341 e. The minimum Gasteiger partial charge on any atom is -0.341 e. The van der Waals surface area contributed by atoms with Crippen molar-refractivity contribution in [3.05, 3.63) is 54.1 Å². The van der Waals surface area contributed by atoms with Crippen LogP contribution in [0, 0.1) is 0 Å². The summed E-state index contributed by atoms with van der Waals surface area (Å²) in [5, 5.41) is 0. The van der Waals surface area contributed by atoms with E-state index in [-0.39, 0.29) is 16.7 Å². The van der Waals surface area contributed by atoms with Crippen molar-refractivity contribution in [1.82, 2.24) is 14.9 Å². The summed E-state index contributed by atoms with van der Waals surface area (Å²) in [5.41, 5.74) is 1.22. The first-order valence-electron chi connectivity index (χ1n) is 9.27. The number of sulfone groups is 1. The van der Waals surface area contributed by atoms with Crippen molar-refractivity contribution >= 4 is 15.7 Å². The molecule has 1 amide bonds. The lowest BCUT2D eigenvalue weighted by molar-refractivity contribution is -0.135. The van der Waals surface area contributed by atoms with Gasteiger partial charge in [0.25, 0.3) is 0 Å². The Bertz CT molecular complexity index is 955. The monoisotopic (exact) mass is 385 g/mol. The first-order chi connectivity index (χ1) is 12.9. The van der Waals surface area contributed by atoms with Crippen LogP contribution in [-0.2, 0) is 20.0 Å². The number of rotatable bonds is 4. The van der Waals surface area contributed by atoms with E-state index in [0.29, 0.717) is 18.8 Å². The van der Waals surface area contributed by atoms with Crippen molar-refractivity contribution in [3.63, 3.8) is 0 Å². The summed E-state index contributed by atoms with van der Waals surface area (Å²) in [6, 6.07) is 9.96. The molecule has 1 unspecified atom stereocenters. The Kier molecular flexibility index (Phi) is 4.50. The zero-order valence-electron chi connectivity index (χ0n) is 15.3. The van der Waals surface area contributed by atoms with Gasteiger partial charge in [-0.25, -0.2) is 18.4 Å². The van der Waals surface area contributed by atoms with Crippen molar-refractivity contribution in [2.24, 2.45) is 0 Å². The van der Waals surface area contributed by atoms with Crippen LogP contribution in [0.1, 0.15) is 42.9 Å². The number of hydrogen-bond donors (Lipinski definition) is 0. The Hall–Kier alpha value is -2.28. The molecule has 6 nitrogen and oxygen atoms in total. The van der Waals surface area contributed by atoms with Crippen LogP contribution in [0.2, 0.25) is 0 Å². The third kappa shape index (κ3) is 3.36. The van der Waals surface area contributed by atoms with Gasteiger partial charge >= 0.3 is 0 Å². The number of hydrogen-bond acceptors (Lipinski definition) is 5. The average molecular weight is 385 g/mol. The number of aromatic nitrogens is 2. The average Bonchev–Trinajstić information content (AvgIpc) is 3.50. The molecule has 4 rings (SSSR count). The standard InChI is InChI=1S/C20H23N3O3S/c1-27(25,26)17-12-21-14-22-18(17)15-6-5-11-23(13-15)19(24)20(9-10-20)16-7-3-2-4-8-16/h2-4,7-8,12,14-15H,5-6,9-11,13H2,1H3. The SMILES string of the molecule is CS(=O)(=O)c1cncnc1C1CCCN(C(=O)C2(c3ccccc3)CC2)C1. The second kappa shape index (κ2) is 6.71. The second-order valence-corrected chi connectivity index (χ2v) is 9.57. The van der Waals surface area contributed by atoms with E-state index >= 15 is 0 Å². The summed E-state index contributed by atoms with van der Waals surface area (Å²) < 4.78 is 24.2. The molecular formula is C20H23N3O3S. The molecule has 1 saturated carbocycles. The molecule has 0 N–H and O–H groups in total. The molecular weight excluding hydrogens is 362 g/mol. The van der Waals surface area contributed by atoms with Crippen LogP contribution in [0.25, 0.3) is 0 Å². The number of carbonyl (C=O) groups is 1. The van der Waals surface area contributed by atoms with Crippen molar-refractivity contribution in [3.8, 4) is 0 Å². The molecule has 0 spiro atoms. The second-order valence-electron chi connectivity index (χ2n) is 7.58. The molecule has 2 aliphatic rings. The fraction of sp³-hybridized carbons (Fsp3) is 0.450. The Morgan fingerprint density at radius 1 is 1.22 bits per heavy atom. The van der Waals surface area contributed by atoms with Crippen LogP contribution in [0.5, 0.6) is 0 Å². The summed E-state index contributed by atoms with van der Waals surface area (Å²) in [6.45, 7) is 1.22. The molecule has 2 aromatic rings. The van der Waals surface area contributed by atoms with Crippen LogP contribution in [0.3, 0.4) is 0 Å². The summed E-state index contributed by atoms with van der Waals surface area (Å²) in [7, 11) is -3.41. The fourth-order valence-electron chi connectivity index (χ4n) is 4.11. The molecule has 1 aromatic carbocycles. The van der Waals surface area contributed by atoms with Crippen molar-refractivity contribution < 1.29 is 13.2 Å². The maximum Gasteiger partial charge on any atom is 0.233 e. The maximum atomic E-state index is 13.3. The van der Waals surface area contributed by atoms with Gasteiger partial charge in [0.05, 0.1) is 11.1 Å². The quantitative estimate of drug-likeness (QED) is 0.807. The first kappa shape index (κ1) is 18.1. The topological polar surface area (TPSA) is 80.2 Å². The Labute approximate surface area is 159 Å². The molecule has 0 bridgehead atoms. The fourth-order valence-corrected chi connectivity index (χ4v) is 4.97. The van der Waals surface area contributed by atoms with Gasteiger partial charge in [0, 0.05) is 31.5 Å². The molecule has 1 atom stereocenters. The van der Waals surface area contributed by atoms with E-state index in [2.05, 4.69) is 9.97 Å². The Morgan fingerprint density at radius 3 is 2.63 bits per heavy atom. The maximum absolute atomic E-state index is 13.3. The number of carbonyl (C=O) groups excluding carboxylic acids is 1. The number of benzene rings is 1. The molecule has 1 aliphatic heterocycles. The van der Waals surface area contributed by atoms with Gasteiger partial charge in [0.1, 0.15) is 11.2 Å². The normalized spacial score (nSPS) is 21.7. The van der Waals surface area contributed by atoms with E-state index in [1.165, 1.54) is 18.8 Å². The molecule has 2 fully saturated rings. The van der Waals surface area contributed by atoms with E-state index in [9.17, 15) is 13.2 Å². The molecule has 2 heterocycles. The van der Waals surface area contributed by atoms with Gasteiger partial charge < -0.3 is 4.90 Å². The zero-order valence-corrected chi connectivity index (χ0v) is 16.2. The lowest BCUT2D eigenvalue weighted by Gasteiger charge is -2.35. The smallest absolute Gasteiger partial charge is 0.233 e. The van der Waals surface area contributed by atoms with Gasteiger partial charge in [-0.05, 0) is 31.2 Å². The van der Waals surface area contributed by atoms with Crippen molar-refractivity contribution in [1.29, 1.82) is 0 Å². The van der Waals surface area contributed by atoms with Gasteiger partial charge in [0.15, 0.2) is 9.84 Å². The van der Waals surface area contributed by atoms with E-state index in [1.54, 1.807) is 0 Å². The lowest BCUT2D eigenvalue weighted by Crippen LogP contribution is -2.44. The van der Waals surface area contributed by atoms with Crippen molar-refractivity contribution in [2.45, 2.75) is 41.9 Å². The predicted molar refractivity (Wildman–Crippen MR) is 101 cm³/mol. The Morgan fingerprint density at radius 2 is 1.96 bits per heavy atom. The van der Waals surface area contributed by atoms with Crippen LogP contribution in [0.4, 0.5) is 0 Å². The summed E-state index contributed by atoms with van der Waals surface area (Å²) in [5.74, 6) is 0.0790. The minimum atomic E-state index is -3.41. The number of piperidine rings is 1. The highest BCUT2D eigenvalue weighted by Crippen LogP contribution is 2.50. The van der Waals surface area contributed by atoms with Gasteiger partial charge in [-0.15, -0.1) is 0 Å². The van der Waals surface area contributed by atoms with Gasteiger partial charge in [0.2, 0.25) is 5.91 Å². The van der Waals surface area contributed by atoms with E-state index in [4.69, 9.17) is 0 Å². The van der Waals surface area contributed by atoms with Gasteiger partial charge in [-0.3, -0.25) is 4.79 Å². The first-order valence-corrected chi connectivity index (χ1v) is 11.2. The summed E-state index contributed by atoms with van der Waals surface area (Å²) in [6.07, 6.45) is 7.34. The van der Waals surface area contributed by atoms with Gasteiger partial charge in [-0.2, -0.15) is 0 Å². The van der Waals surface area contributed by atoms with E-state index in [1.807, 2.05) is 35.2 Å². The highest BCUT2D eigenvalue weighted by molar-refractivity contribution is 7.90. The van der Waals surface area contributed by atoms with E-state index < -0.39 is 15.3 Å². The summed E-state index contributed by atoms with van der Waals surface area (Å²) in [4.78, 5) is 23.5. The predicted octanol–water partition coefficient (Wildman–Crippen LogP) is 2.32. The molecule has 0 radical (unpaired) electrons. The van der Waals surface area contributed by atoms with Crippen LogP contribution in [-0.4, -0.2) is 48.5 Å². The molecule has 27 heavy (non-hydrogen) atoms. The lowest BCUT2D eigenvalue weighted by atomic mass is 9.90. The molecule has 142 valence electrons. The zero-order chi connectivity index (χ0) is 19.1. The number of amides is 1. The van der Waals surface area contributed by atoms with Crippen LogP contribution in [0.15, 0.2) is 47.8 Å². The molecule has 1 aliphatic carbocycles. The molecule has 1 aromatic heterocycles. The van der Waals surface area contributed by atoms with Crippen LogP contribution >= 0.6 is 0 Å². The molecule has 7 heteroatoms. The highest BCUT2D eigenvalue weighted by Gasteiger charge is 2.53. The Balaban J connectivity index is 1.59. The third-order valence-electron chi connectivity index (χ3n) is 5.69. The van der Waals surface area contributed by atoms with E-state index in [0.717, 1.165) is 31.2 Å². The minimum absolute atomic E-state index is 0.0815. The van der Waals surface area contributed by atoms with Gasteiger partial charge in [-0.1, -0.05) is 30.3 Å². The highest BCUT2D eigenvalue weighted by atomic mass is 32.2. The third-order valence-corrected chi connectivity index (χ3v) is 6.80. The summed E-state index contributed by atoms with van der Waals surface area (Å²) >= 11 is 0. The molecule has 1 saturated heterocycles. The number of nitrogens with zero attached hydrogens (tertiary/aromatic N) is 3.